The molecule has 0 spiro atoms. The standard InChI is InChI=1S/C17H26ClNO2/c1-13-4-2-3-5-17(13)19-10-16(20)12-21-11-14-6-8-15(18)9-7-14/h6-9,13,16-17,19-20H,2-5,10-12H2,1H3. The van der Waals surface area contributed by atoms with Gasteiger partial charge in [0.25, 0.3) is 0 Å². The second kappa shape index (κ2) is 8.74. The third-order valence-corrected chi connectivity index (χ3v) is 4.47. The highest BCUT2D eigenvalue weighted by molar-refractivity contribution is 6.30. The minimum Gasteiger partial charge on any atom is -0.389 e. The van der Waals surface area contributed by atoms with Gasteiger partial charge < -0.3 is 15.2 Å². The van der Waals surface area contributed by atoms with E-state index in [9.17, 15) is 5.11 Å². The minimum atomic E-state index is -0.452. The highest BCUT2D eigenvalue weighted by Gasteiger charge is 2.21. The fourth-order valence-electron chi connectivity index (χ4n) is 2.86. The van der Waals surface area contributed by atoms with E-state index in [0.717, 1.165) is 10.6 Å². The van der Waals surface area contributed by atoms with E-state index in [-0.39, 0.29) is 0 Å². The van der Waals surface area contributed by atoms with E-state index in [2.05, 4.69) is 12.2 Å². The summed E-state index contributed by atoms with van der Waals surface area (Å²) >= 11 is 5.83. The Labute approximate surface area is 132 Å². The maximum Gasteiger partial charge on any atom is 0.0897 e. The maximum absolute atomic E-state index is 9.98. The number of nitrogens with one attached hydrogen (secondary N) is 1. The molecule has 21 heavy (non-hydrogen) atoms. The Morgan fingerprint density at radius 2 is 2.00 bits per heavy atom. The molecule has 1 aliphatic rings. The molecule has 1 aliphatic carbocycles. The van der Waals surface area contributed by atoms with Crippen LogP contribution in [-0.2, 0) is 11.3 Å². The number of ether oxygens (including phenoxy) is 1. The summed E-state index contributed by atoms with van der Waals surface area (Å²) in [6.07, 6.45) is 4.70. The lowest BCUT2D eigenvalue weighted by Gasteiger charge is -2.30. The summed E-state index contributed by atoms with van der Waals surface area (Å²) in [7, 11) is 0. The molecule has 0 saturated heterocycles. The third-order valence-electron chi connectivity index (χ3n) is 4.22. The van der Waals surface area contributed by atoms with Gasteiger partial charge in [-0.3, -0.25) is 0 Å². The molecule has 2 rings (SSSR count). The van der Waals surface area contributed by atoms with Gasteiger partial charge in [0, 0.05) is 17.6 Å². The van der Waals surface area contributed by atoms with Crippen molar-refractivity contribution < 1.29 is 9.84 Å². The zero-order valence-electron chi connectivity index (χ0n) is 12.7. The van der Waals surface area contributed by atoms with Gasteiger partial charge in [0.1, 0.15) is 0 Å². The predicted octanol–water partition coefficient (Wildman–Crippen LogP) is 3.39. The summed E-state index contributed by atoms with van der Waals surface area (Å²) in [4.78, 5) is 0. The molecule has 4 heteroatoms. The average Bonchev–Trinajstić information content (AvgIpc) is 2.48. The van der Waals surface area contributed by atoms with Crippen LogP contribution in [0.4, 0.5) is 0 Å². The molecule has 0 aromatic heterocycles. The van der Waals surface area contributed by atoms with Crippen LogP contribution in [0.5, 0.6) is 0 Å². The van der Waals surface area contributed by atoms with Crippen molar-refractivity contribution in [1.29, 1.82) is 0 Å². The number of hydrogen-bond acceptors (Lipinski definition) is 3. The van der Waals surface area contributed by atoms with Gasteiger partial charge in [-0.05, 0) is 36.5 Å². The molecule has 118 valence electrons. The monoisotopic (exact) mass is 311 g/mol. The van der Waals surface area contributed by atoms with Gasteiger partial charge in [0.05, 0.1) is 19.3 Å². The number of halogens is 1. The van der Waals surface area contributed by atoms with Crippen LogP contribution >= 0.6 is 11.6 Å². The molecular weight excluding hydrogens is 286 g/mol. The van der Waals surface area contributed by atoms with E-state index in [1.165, 1.54) is 25.7 Å². The molecule has 0 heterocycles. The van der Waals surface area contributed by atoms with E-state index in [0.29, 0.717) is 31.7 Å². The SMILES string of the molecule is CC1CCCCC1NCC(O)COCc1ccc(Cl)cc1. The van der Waals surface area contributed by atoms with Crippen LogP contribution < -0.4 is 5.32 Å². The van der Waals surface area contributed by atoms with Crippen LogP contribution in [0.1, 0.15) is 38.2 Å². The molecule has 0 amide bonds. The lowest BCUT2D eigenvalue weighted by atomic mass is 9.86. The molecule has 1 aromatic rings. The van der Waals surface area contributed by atoms with Crippen molar-refractivity contribution in [3.8, 4) is 0 Å². The van der Waals surface area contributed by atoms with Gasteiger partial charge in [-0.2, -0.15) is 0 Å². The van der Waals surface area contributed by atoms with Crippen molar-refractivity contribution in [2.24, 2.45) is 5.92 Å². The Kier molecular flexibility index (Phi) is 6.97. The van der Waals surface area contributed by atoms with Gasteiger partial charge in [0.15, 0.2) is 0 Å². The van der Waals surface area contributed by atoms with Crippen LogP contribution in [0.25, 0.3) is 0 Å². The Bertz CT molecular complexity index is 410. The molecule has 2 N–H and O–H groups in total. The highest BCUT2D eigenvalue weighted by Crippen LogP contribution is 2.23. The van der Waals surface area contributed by atoms with Gasteiger partial charge in [-0.15, -0.1) is 0 Å². The number of aliphatic hydroxyl groups is 1. The van der Waals surface area contributed by atoms with Gasteiger partial charge in [0.2, 0.25) is 0 Å². The van der Waals surface area contributed by atoms with Crippen LogP contribution in [-0.4, -0.2) is 30.4 Å². The first-order valence-corrected chi connectivity index (χ1v) is 8.26. The lowest BCUT2D eigenvalue weighted by Crippen LogP contribution is -2.42. The van der Waals surface area contributed by atoms with E-state index in [4.69, 9.17) is 16.3 Å². The van der Waals surface area contributed by atoms with Gasteiger partial charge in [-0.1, -0.05) is 43.5 Å². The molecule has 0 bridgehead atoms. The highest BCUT2D eigenvalue weighted by atomic mass is 35.5. The molecule has 1 fully saturated rings. The minimum absolute atomic E-state index is 0.358. The fourth-order valence-corrected chi connectivity index (χ4v) is 2.99. The summed E-state index contributed by atoms with van der Waals surface area (Å²) in [6.45, 7) is 3.76. The normalized spacial score (nSPS) is 24.0. The molecule has 3 atom stereocenters. The quantitative estimate of drug-likeness (QED) is 0.811. The first-order chi connectivity index (χ1) is 10.1. The first-order valence-electron chi connectivity index (χ1n) is 7.89. The summed E-state index contributed by atoms with van der Waals surface area (Å²) in [5, 5.41) is 14.2. The second-order valence-corrected chi connectivity index (χ2v) is 6.51. The molecule has 1 saturated carbocycles. The predicted molar refractivity (Wildman–Crippen MR) is 86.5 cm³/mol. The fraction of sp³-hybridized carbons (Fsp3) is 0.647. The van der Waals surface area contributed by atoms with E-state index in [1.807, 2.05) is 24.3 Å². The summed E-state index contributed by atoms with van der Waals surface area (Å²) in [5.74, 6) is 0.709. The maximum atomic E-state index is 9.98. The van der Waals surface area contributed by atoms with Crippen molar-refractivity contribution in [1.82, 2.24) is 5.32 Å². The number of hydrogen-bond donors (Lipinski definition) is 2. The number of benzene rings is 1. The van der Waals surface area contributed by atoms with Gasteiger partial charge >= 0.3 is 0 Å². The van der Waals surface area contributed by atoms with Crippen molar-refractivity contribution in [3.05, 3.63) is 34.9 Å². The van der Waals surface area contributed by atoms with E-state index in [1.54, 1.807) is 0 Å². The molecule has 1 aromatic carbocycles. The van der Waals surface area contributed by atoms with Gasteiger partial charge in [-0.25, -0.2) is 0 Å². The zero-order chi connectivity index (χ0) is 15.1. The molecule has 3 nitrogen and oxygen atoms in total. The van der Waals surface area contributed by atoms with Crippen LogP contribution in [0.2, 0.25) is 5.02 Å². The number of rotatable bonds is 7. The Hall–Kier alpha value is -0.610. The molecule has 0 radical (unpaired) electrons. The largest absolute Gasteiger partial charge is 0.389 e. The van der Waals surface area contributed by atoms with Crippen LogP contribution in [0.3, 0.4) is 0 Å². The van der Waals surface area contributed by atoms with E-state index < -0.39 is 6.10 Å². The van der Waals surface area contributed by atoms with Crippen molar-refractivity contribution in [3.63, 3.8) is 0 Å². The molecule has 3 unspecified atom stereocenters. The summed E-state index contributed by atoms with van der Waals surface area (Å²) in [6, 6.07) is 8.13. The van der Waals surface area contributed by atoms with E-state index >= 15 is 0 Å². The third kappa shape index (κ3) is 5.95. The van der Waals surface area contributed by atoms with Crippen LogP contribution in [0.15, 0.2) is 24.3 Å². The topological polar surface area (TPSA) is 41.5 Å². The Morgan fingerprint density at radius 3 is 2.71 bits per heavy atom. The number of aliphatic hydroxyl groups excluding tert-OH is 1. The smallest absolute Gasteiger partial charge is 0.0897 e. The second-order valence-electron chi connectivity index (χ2n) is 6.07. The summed E-state index contributed by atoms with van der Waals surface area (Å²) in [5.41, 5.74) is 1.07. The Balaban J connectivity index is 1.61. The average molecular weight is 312 g/mol. The Morgan fingerprint density at radius 1 is 1.29 bits per heavy atom. The van der Waals surface area contributed by atoms with Crippen molar-refractivity contribution >= 4 is 11.6 Å². The molecule has 0 aliphatic heterocycles. The van der Waals surface area contributed by atoms with Crippen molar-refractivity contribution in [2.75, 3.05) is 13.2 Å². The van der Waals surface area contributed by atoms with Crippen molar-refractivity contribution in [2.45, 2.75) is 51.4 Å². The zero-order valence-corrected chi connectivity index (χ0v) is 13.5. The summed E-state index contributed by atoms with van der Waals surface area (Å²) < 4.78 is 5.55. The van der Waals surface area contributed by atoms with Crippen LogP contribution in [0, 0.1) is 5.92 Å². The first kappa shape index (κ1) is 16.8. The molecular formula is C17H26ClNO2. The lowest BCUT2D eigenvalue weighted by molar-refractivity contribution is 0.0260.